The first kappa shape index (κ1) is 17.4. The summed E-state index contributed by atoms with van der Waals surface area (Å²) in [4.78, 5) is 27.0. The predicted octanol–water partition coefficient (Wildman–Crippen LogP) is 1.24. The van der Waals surface area contributed by atoms with E-state index in [0.717, 1.165) is 23.8 Å². The largest absolute Gasteiger partial charge is 0.396 e. The maximum absolute atomic E-state index is 13.3. The minimum atomic E-state index is -0.726. The van der Waals surface area contributed by atoms with Gasteiger partial charge in [-0.05, 0) is 36.6 Å². The zero-order chi connectivity index (χ0) is 18.0. The van der Waals surface area contributed by atoms with Crippen molar-refractivity contribution in [1.29, 1.82) is 0 Å². The average Bonchev–Trinajstić information content (AvgIpc) is 3.26. The highest BCUT2D eigenvalue weighted by molar-refractivity contribution is 5.89. The molecule has 1 heterocycles. The van der Waals surface area contributed by atoms with Crippen molar-refractivity contribution in [1.82, 2.24) is 15.6 Å². The van der Waals surface area contributed by atoms with Crippen LogP contribution in [0.15, 0.2) is 24.4 Å². The van der Waals surface area contributed by atoms with Gasteiger partial charge in [-0.25, -0.2) is 4.39 Å². The molecule has 7 heteroatoms. The van der Waals surface area contributed by atoms with Crippen LogP contribution in [0.4, 0.5) is 4.39 Å². The van der Waals surface area contributed by atoms with Crippen LogP contribution in [0.5, 0.6) is 0 Å². The molecule has 0 saturated heterocycles. The fourth-order valence-corrected chi connectivity index (χ4v) is 2.97. The van der Waals surface area contributed by atoms with E-state index in [1.807, 2.05) is 0 Å². The van der Waals surface area contributed by atoms with Gasteiger partial charge in [0.05, 0.1) is 6.61 Å². The summed E-state index contributed by atoms with van der Waals surface area (Å²) in [5, 5.41) is 15.7. The SMILES string of the molecule is CC(=O)NC(Cc1c[nH]c2cc(F)ccc12)C(=O)NCC1(CO)CC1. The first-order valence-corrected chi connectivity index (χ1v) is 8.34. The van der Waals surface area contributed by atoms with E-state index < -0.39 is 6.04 Å². The summed E-state index contributed by atoms with van der Waals surface area (Å²) in [5.74, 6) is -0.920. The smallest absolute Gasteiger partial charge is 0.242 e. The van der Waals surface area contributed by atoms with Crippen molar-refractivity contribution >= 4 is 22.7 Å². The van der Waals surface area contributed by atoms with Gasteiger partial charge in [0.2, 0.25) is 11.8 Å². The highest BCUT2D eigenvalue weighted by Gasteiger charge is 2.42. The number of nitrogens with one attached hydrogen (secondary N) is 3. The summed E-state index contributed by atoms with van der Waals surface area (Å²) < 4.78 is 13.3. The number of benzene rings is 1. The third-order valence-corrected chi connectivity index (χ3v) is 4.78. The van der Waals surface area contributed by atoms with Crippen LogP contribution in [0.3, 0.4) is 0 Å². The summed E-state index contributed by atoms with van der Waals surface area (Å²) in [6, 6.07) is 3.69. The average molecular weight is 347 g/mol. The molecule has 1 saturated carbocycles. The molecular formula is C18H22FN3O3. The van der Waals surface area contributed by atoms with E-state index in [1.54, 1.807) is 12.3 Å². The van der Waals surface area contributed by atoms with Crippen LogP contribution in [-0.2, 0) is 16.0 Å². The number of aromatic amines is 1. The van der Waals surface area contributed by atoms with Gasteiger partial charge in [-0.1, -0.05) is 0 Å². The minimum Gasteiger partial charge on any atom is -0.396 e. The second-order valence-corrected chi connectivity index (χ2v) is 6.84. The molecule has 1 aromatic carbocycles. The van der Waals surface area contributed by atoms with Gasteiger partial charge in [-0.3, -0.25) is 9.59 Å². The lowest BCUT2D eigenvalue weighted by atomic mass is 10.0. The zero-order valence-electron chi connectivity index (χ0n) is 14.1. The Bertz CT molecular complexity index is 798. The molecule has 2 amide bonds. The molecule has 6 nitrogen and oxygen atoms in total. The molecular weight excluding hydrogens is 325 g/mol. The number of hydrogen-bond acceptors (Lipinski definition) is 3. The van der Waals surface area contributed by atoms with Gasteiger partial charge in [-0.2, -0.15) is 0 Å². The van der Waals surface area contributed by atoms with Gasteiger partial charge in [0.25, 0.3) is 0 Å². The molecule has 0 spiro atoms. The van der Waals surface area contributed by atoms with Gasteiger partial charge in [0.15, 0.2) is 0 Å². The Kier molecular flexibility index (Phi) is 4.76. The lowest BCUT2D eigenvalue weighted by molar-refractivity contribution is -0.128. The van der Waals surface area contributed by atoms with Crippen molar-refractivity contribution in [3.05, 3.63) is 35.8 Å². The van der Waals surface area contributed by atoms with Crippen LogP contribution in [0, 0.1) is 11.2 Å². The highest BCUT2D eigenvalue weighted by atomic mass is 19.1. The van der Waals surface area contributed by atoms with Crippen LogP contribution in [0.1, 0.15) is 25.3 Å². The lowest BCUT2D eigenvalue weighted by Gasteiger charge is -2.19. The van der Waals surface area contributed by atoms with Crippen LogP contribution in [-0.4, -0.2) is 41.1 Å². The van der Waals surface area contributed by atoms with E-state index in [-0.39, 0.29) is 29.7 Å². The molecule has 1 atom stereocenters. The van der Waals surface area contributed by atoms with Crippen LogP contribution < -0.4 is 10.6 Å². The normalized spacial score (nSPS) is 16.4. The van der Waals surface area contributed by atoms with E-state index in [9.17, 15) is 19.1 Å². The van der Waals surface area contributed by atoms with Crippen molar-refractivity contribution in [3.63, 3.8) is 0 Å². The molecule has 134 valence electrons. The maximum atomic E-state index is 13.3. The van der Waals surface area contributed by atoms with Gasteiger partial charge < -0.3 is 20.7 Å². The summed E-state index contributed by atoms with van der Waals surface area (Å²) in [5.41, 5.74) is 1.27. The number of rotatable bonds is 7. The van der Waals surface area contributed by atoms with Crippen LogP contribution in [0.25, 0.3) is 10.9 Å². The molecule has 0 bridgehead atoms. The molecule has 0 aliphatic heterocycles. The van der Waals surface area contributed by atoms with Crippen molar-refractivity contribution in [2.24, 2.45) is 5.41 Å². The van der Waals surface area contributed by atoms with E-state index in [1.165, 1.54) is 19.1 Å². The minimum absolute atomic E-state index is 0.0477. The van der Waals surface area contributed by atoms with Crippen LogP contribution in [0.2, 0.25) is 0 Å². The number of aliphatic hydroxyl groups excluding tert-OH is 1. The van der Waals surface area contributed by atoms with Crippen molar-refractivity contribution in [2.75, 3.05) is 13.2 Å². The molecule has 4 N–H and O–H groups in total. The number of H-pyrrole nitrogens is 1. The number of halogens is 1. The highest BCUT2D eigenvalue weighted by Crippen LogP contribution is 2.44. The second-order valence-electron chi connectivity index (χ2n) is 6.84. The Morgan fingerprint density at radius 3 is 2.80 bits per heavy atom. The number of aromatic nitrogens is 1. The second kappa shape index (κ2) is 6.84. The number of carbonyl (C=O) groups is 2. The van der Waals surface area contributed by atoms with Crippen molar-refractivity contribution in [3.8, 4) is 0 Å². The summed E-state index contributed by atoms with van der Waals surface area (Å²) in [6.45, 7) is 1.81. The molecule has 1 aliphatic rings. The number of hydrogen-bond donors (Lipinski definition) is 4. The van der Waals surface area contributed by atoms with E-state index in [2.05, 4.69) is 15.6 Å². The lowest BCUT2D eigenvalue weighted by Crippen LogP contribution is -2.48. The van der Waals surface area contributed by atoms with E-state index in [0.29, 0.717) is 18.5 Å². The zero-order valence-corrected chi connectivity index (χ0v) is 14.1. The molecule has 1 aromatic heterocycles. The molecule has 1 unspecified atom stereocenters. The van der Waals surface area contributed by atoms with Gasteiger partial charge in [-0.15, -0.1) is 0 Å². The monoisotopic (exact) mass is 347 g/mol. The summed E-state index contributed by atoms with van der Waals surface area (Å²) in [6.07, 6.45) is 3.80. The summed E-state index contributed by atoms with van der Waals surface area (Å²) >= 11 is 0. The fourth-order valence-electron chi connectivity index (χ4n) is 2.97. The Hall–Kier alpha value is -2.41. The Balaban J connectivity index is 1.73. The topological polar surface area (TPSA) is 94.2 Å². The Labute approximate surface area is 144 Å². The van der Waals surface area contributed by atoms with Crippen LogP contribution >= 0.6 is 0 Å². The molecule has 3 rings (SSSR count). The number of amides is 2. The van der Waals surface area contributed by atoms with E-state index >= 15 is 0 Å². The van der Waals surface area contributed by atoms with Gasteiger partial charge in [0, 0.05) is 42.4 Å². The Morgan fingerprint density at radius 1 is 1.40 bits per heavy atom. The number of fused-ring (bicyclic) bond motifs is 1. The number of carbonyl (C=O) groups excluding carboxylic acids is 2. The molecule has 0 radical (unpaired) electrons. The third kappa shape index (κ3) is 3.99. The molecule has 25 heavy (non-hydrogen) atoms. The fraction of sp³-hybridized carbons (Fsp3) is 0.444. The van der Waals surface area contributed by atoms with Gasteiger partial charge in [0.1, 0.15) is 11.9 Å². The Morgan fingerprint density at radius 2 is 2.16 bits per heavy atom. The quantitative estimate of drug-likeness (QED) is 0.607. The third-order valence-electron chi connectivity index (χ3n) is 4.78. The first-order chi connectivity index (χ1) is 11.9. The summed E-state index contributed by atoms with van der Waals surface area (Å²) in [7, 11) is 0. The van der Waals surface area contributed by atoms with Gasteiger partial charge >= 0.3 is 0 Å². The number of aliphatic hydroxyl groups is 1. The predicted molar refractivity (Wildman–Crippen MR) is 91.3 cm³/mol. The standard InChI is InChI=1S/C18H22FN3O3/c1-11(24)22-16(17(25)21-9-18(10-23)4-5-18)6-12-8-20-15-7-13(19)2-3-14(12)15/h2-3,7-8,16,20,23H,4-6,9-10H2,1H3,(H,21,25)(H,22,24). The van der Waals surface area contributed by atoms with Crippen molar-refractivity contribution < 1.29 is 19.1 Å². The van der Waals surface area contributed by atoms with Crippen molar-refractivity contribution in [2.45, 2.75) is 32.2 Å². The molecule has 1 aliphatic carbocycles. The molecule has 1 fully saturated rings. The maximum Gasteiger partial charge on any atom is 0.242 e. The molecule has 2 aromatic rings. The first-order valence-electron chi connectivity index (χ1n) is 8.34. The van der Waals surface area contributed by atoms with E-state index in [4.69, 9.17) is 0 Å².